The van der Waals surface area contributed by atoms with Crippen molar-refractivity contribution in [1.29, 1.82) is 0 Å². The molecule has 0 bridgehead atoms. The maximum absolute atomic E-state index is 12.8. The molecule has 2 aromatic heterocycles. The zero-order chi connectivity index (χ0) is 50.0. The number of para-hydroxylation sites is 1. The minimum atomic E-state index is -3.03. The summed E-state index contributed by atoms with van der Waals surface area (Å²) in [7, 11) is 0. The summed E-state index contributed by atoms with van der Waals surface area (Å²) in [6.07, 6.45) is 1.84. The highest BCUT2D eigenvalue weighted by molar-refractivity contribution is 5.98. The lowest BCUT2D eigenvalue weighted by molar-refractivity contribution is 0.446. The number of hydrogen-bond acceptors (Lipinski definition) is 3. The fourth-order valence-electron chi connectivity index (χ4n) is 8.64. The van der Waals surface area contributed by atoms with Gasteiger partial charge < -0.3 is 5.11 Å². The molecule has 0 aliphatic carbocycles. The topological polar surface area (TPSA) is 50.9 Å². The minimum Gasteiger partial charge on any atom is -0.507 e. The number of rotatable bonds is 7. The highest BCUT2D eigenvalue weighted by atomic mass is 16.3. The Hall–Kier alpha value is -7.04. The lowest BCUT2D eigenvalue weighted by Crippen LogP contribution is -2.18. The van der Waals surface area contributed by atoms with Crippen molar-refractivity contribution in [2.24, 2.45) is 0 Å². The largest absolute Gasteiger partial charge is 0.507 e. The molecule has 0 aliphatic heterocycles. The lowest BCUT2D eigenvalue weighted by atomic mass is 9.78. The zero-order valence-electron chi connectivity index (χ0n) is 43.5. The van der Waals surface area contributed by atoms with E-state index in [0.717, 1.165) is 72.5 Å². The van der Waals surface area contributed by atoms with Crippen LogP contribution in [0.25, 0.3) is 83.9 Å². The van der Waals surface area contributed by atoms with Gasteiger partial charge in [0.1, 0.15) is 11.6 Å². The van der Waals surface area contributed by atoms with E-state index in [4.69, 9.17) is 18.2 Å². The monoisotopic (exact) mass is 841 g/mol. The zero-order valence-corrected chi connectivity index (χ0v) is 37.5. The third-order valence-electron chi connectivity index (χ3n) is 12.1. The highest BCUT2D eigenvalue weighted by Crippen LogP contribution is 2.46. The second-order valence-electron chi connectivity index (χ2n) is 19.0. The molecule has 0 aliphatic rings. The molecule has 318 valence electrons. The summed E-state index contributed by atoms with van der Waals surface area (Å²) in [6.45, 7) is 7.59. The molecule has 9 aromatic rings. The van der Waals surface area contributed by atoms with Gasteiger partial charge in [-0.3, -0.25) is 9.55 Å². The summed E-state index contributed by atoms with van der Waals surface area (Å²) in [4.78, 5) is 10.4. The molecule has 0 saturated carbocycles. The van der Waals surface area contributed by atoms with Crippen molar-refractivity contribution >= 4 is 11.0 Å². The molecule has 0 saturated heterocycles. The molecule has 1 N–H and O–H groups in total. The SMILES string of the molecule is [2H]C([2H])([2H])C(C)(c1cc(C(C)(C)C)cc(-c2nc3c(-c4cc(-c5ccccc5)cc(-c5cc(-c6ccccc6)ccn5)c4)cccc3n2-c2ccc(-c3ccccc3)cc2C(C)(C)C)c1O)C([2H])([2H])[2H]. The maximum Gasteiger partial charge on any atom is 0.149 e. The van der Waals surface area contributed by atoms with Gasteiger partial charge in [0.2, 0.25) is 0 Å². The quantitative estimate of drug-likeness (QED) is 0.174. The van der Waals surface area contributed by atoms with E-state index in [1.165, 1.54) is 6.92 Å². The summed E-state index contributed by atoms with van der Waals surface area (Å²) in [5, 5.41) is 12.8. The van der Waals surface area contributed by atoms with Crippen LogP contribution in [0.4, 0.5) is 0 Å². The van der Waals surface area contributed by atoms with Crippen molar-refractivity contribution in [3.8, 4) is 78.6 Å². The van der Waals surface area contributed by atoms with Gasteiger partial charge in [0, 0.05) is 31.1 Å². The minimum absolute atomic E-state index is 0.185. The number of hydrogen-bond donors (Lipinski definition) is 1. The van der Waals surface area contributed by atoms with E-state index < -0.39 is 35.7 Å². The third-order valence-corrected chi connectivity index (χ3v) is 12.1. The van der Waals surface area contributed by atoms with Crippen LogP contribution < -0.4 is 0 Å². The van der Waals surface area contributed by atoms with E-state index in [1.807, 2.05) is 116 Å². The first kappa shape index (κ1) is 35.4. The first-order valence-corrected chi connectivity index (χ1v) is 21.9. The highest BCUT2D eigenvalue weighted by Gasteiger charge is 2.30. The molecule has 4 heteroatoms. The normalized spacial score (nSPS) is 14.0. The number of aromatic hydroxyl groups is 1. The average molecular weight is 842 g/mol. The molecule has 0 spiro atoms. The molecule has 4 nitrogen and oxygen atoms in total. The molecular formula is C60H57N3O. The summed E-state index contributed by atoms with van der Waals surface area (Å²) < 4.78 is 54.3. The van der Waals surface area contributed by atoms with Crippen molar-refractivity contribution in [3.05, 3.63) is 193 Å². The molecular weight excluding hydrogens is 779 g/mol. The molecule has 2 heterocycles. The van der Waals surface area contributed by atoms with Gasteiger partial charge in [-0.15, -0.1) is 0 Å². The summed E-state index contributed by atoms with van der Waals surface area (Å²) >= 11 is 0. The predicted molar refractivity (Wildman–Crippen MR) is 269 cm³/mol. The number of fused-ring (bicyclic) bond motifs is 1. The van der Waals surface area contributed by atoms with Crippen LogP contribution in [-0.4, -0.2) is 19.6 Å². The number of imidazole rings is 1. The Morgan fingerprint density at radius 2 is 1.06 bits per heavy atom. The van der Waals surface area contributed by atoms with Gasteiger partial charge >= 0.3 is 0 Å². The number of benzene rings is 7. The van der Waals surface area contributed by atoms with Crippen LogP contribution in [0.3, 0.4) is 0 Å². The molecule has 0 radical (unpaired) electrons. The van der Waals surface area contributed by atoms with Crippen LogP contribution in [0.2, 0.25) is 0 Å². The van der Waals surface area contributed by atoms with Crippen molar-refractivity contribution in [2.75, 3.05) is 0 Å². The first-order chi connectivity index (χ1) is 33.0. The summed E-state index contributed by atoms with van der Waals surface area (Å²) in [5.41, 5.74) is 10.0. The van der Waals surface area contributed by atoms with Crippen molar-refractivity contribution in [1.82, 2.24) is 14.5 Å². The van der Waals surface area contributed by atoms with E-state index in [1.54, 1.807) is 6.07 Å². The van der Waals surface area contributed by atoms with E-state index in [-0.39, 0.29) is 11.1 Å². The maximum atomic E-state index is 12.8. The summed E-state index contributed by atoms with van der Waals surface area (Å²) in [5.74, 6) is -0.114. The van der Waals surface area contributed by atoms with E-state index in [2.05, 4.69) is 99.6 Å². The van der Waals surface area contributed by atoms with E-state index >= 15 is 0 Å². The van der Waals surface area contributed by atoms with Crippen molar-refractivity contribution in [3.63, 3.8) is 0 Å². The van der Waals surface area contributed by atoms with Gasteiger partial charge in [0.05, 0.1) is 28.0 Å². The van der Waals surface area contributed by atoms with Crippen LogP contribution in [0.1, 0.15) is 87.1 Å². The number of nitrogens with zero attached hydrogens (tertiary/aromatic N) is 3. The van der Waals surface area contributed by atoms with Gasteiger partial charge in [-0.05, 0) is 121 Å². The van der Waals surface area contributed by atoms with Gasteiger partial charge in [0.15, 0.2) is 0 Å². The molecule has 0 atom stereocenters. The van der Waals surface area contributed by atoms with E-state index in [9.17, 15) is 5.11 Å². The lowest BCUT2D eigenvalue weighted by Gasteiger charge is -2.28. The van der Waals surface area contributed by atoms with Crippen LogP contribution in [-0.2, 0) is 16.2 Å². The van der Waals surface area contributed by atoms with Crippen LogP contribution in [0, 0.1) is 0 Å². The van der Waals surface area contributed by atoms with Crippen LogP contribution >= 0.6 is 0 Å². The van der Waals surface area contributed by atoms with Crippen molar-refractivity contribution in [2.45, 2.75) is 78.4 Å². The second-order valence-corrected chi connectivity index (χ2v) is 19.0. The smallest absolute Gasteiger partial charge is 0.149 e. The molecule has 64 heavy (non-hydrogen) atoms. The number of phenols is 1. The molecule has 0 fully saturated rings. The Morgan fingerprint density at radius 1 is 0.469 bits per heavy atom. The number of phenolic OH excluding ortho intramolecular Hbond substituents is 1. The third kappa shape index (κ3) is 8.17. The molecule has 7 aromatic carbocycles. The Morgan fingerprint density at radius 3 is 1.67 bits per heavy atom. The first-order valence-electron chi connectivity index (χ1n) is 24.9. The number of pyridine rings is 1. The van der Waals surface area contributed by atoms with Crippen molar-refractivity contribution < 1.29 is 13.3 Å². The van der Waals surface area contributed by atoms with Gasteiger partial charge in [-0.25, -0.2) is 4.98 Å². The van der Waals surface area contributed by atoms with Gasteiger partial charge in [-0.2, -0.15) is 0 Å². The second kappa shape index (κ2) is 16.3. The standard InChI is InChI=1S/C60H57N3O/c1-58(2,3)47-37-49(56(64)51(38-47)60(7,8)9)57-62-55-48(26-19-27-54(55)63(57)53-29-28-42(35-50(53)59(4,5)6)39-20-13-10-14-21-39)45-32-44(41-24-17-12-18-25-41)33-46(34-45)52-36-43(30-31-61-52)40-22-15-11-16-23-40/h10-38,64H,1-9H3/i7D3,8D3. The Kier molecular flexibility index (Phi) is 9.00. The van der Waals surface area contributed by atoms with Crippen LogP contribution in [0.5, 0.6) is 5.75 Å². The van der Waals surface area contributed by atoms with Crippen LogP contribution in [0.15, 0.2) is 176 Å². The van der Waals surface area contributed by atoms with Gasteiger partial charge in [0.25, 0.3) is 0 Å². The Bertz CT molecular complexity index is 3370. The number of aromatic nitrogens is 3. The van der Waals surface area contributed by atoms with E-state index in [0.29, 0.717) is 16.9 Å². The molecule has 9 rings (SSSR count). The molecule has 0 amide bonds. The van der Waals surface area contributed by atoms with Gasteiger partial charge in [-0.1, -0.05) is 177 Å². The fourth-order valence-corrected chi connectivity index (χ4v) is 8.64. The summed E-state index contributed by atoms with van der Waals surface area (Å²) in [6, 6.07) is 57.1. The Labute approximate surface area is 387 Å². The predicted octanol–water partition coefficient (Wildman–Crippen LogP) is 16.0. The molecule has 0 unspecified atom stereocenters. The Balaban J connectivity index is 1.39. The average Bonchev–Trinajstić information content (AvgIpc) is 3.72. The fraction of sp³-hybridized carbons (Fsp3) is 0.200.